The monoisotopic (exact) mass is 508 g/mol. The first-order valence-corrected chi connectivity index (χ1v) is 13.4. The van der Waals surface area contributed by atoms with Gasteiger partial charge >= 0.3 is 7.12 Å². The molecular formula is C34H29BN2O2. The van der Waals surface area contributed by atoms with Crippen molar-refractivity contribution >= 4 is 45.0 Å². The van der Waals surface area contributed by atoms with Crippen LogP contribution >= 0.6 is 0 Å². The average molecular weight is 508 g/mol. The van der Waals surface area contributed by atoms with Gasteiger partial charge in [0.1, 0.15) is 0 Å². The van der Waals surface area contributed by atoms with Crippen molar-refractivity contribution in [2.45, 2.75) is 38.9 Å². The Morgan fingerprint density at radius 2 is 1.23 bits per heavy atom. The summed E-state index contributed by atoms with van der Waals surface area (Å²) in [6.07, 6.45) is 0. The standard InChI is InChI=1S/C34H29BN2O2/c1-33(2)34(3,4)39-35(38-33)24-13-9-12-23(21-24)29-17-10-18-30(36-29)32-27-16-8-7-15-26(27)28-20-19-22-11-5-6-14-25(22)31(28)37-32/h5-21H,1-4H3. The van der Waals surface area contributed by atoms with Crippen LogP contribution in [0.2, 0.25) is 0 Å². The lowest BCUT2D eigenvalue weighted by Gasteiger charge is -2.32. The molecule has 0 radical (unpaired) electrons. The van der Waals surface area contributed by atoms with E-state index < -0.39 is 18.3 Å². The Kier molecular flexibility index (Phi) is 5.38. The fraction of sp³-hybridized carbons (Fsp3) is 0.176. The molecule has 0 aliphatic carbocycles. The lowest BCUT2D eigenvalue weighted by atomic mass is 9.78. The minimum Gasteiger partial charge on any atom is -0.399 e. The van der Waals surface area contributed by atoms with Gasteiger partial charge in [-0.05, 0) is 61.6 Å². The lowest BCUT2D eigenvalue weighted by molar-refractivity contribution is 0.00578. The molecule has 0 unspecified atom stereocenters. The Morgan fingerprint density at radius 3 is 2.03 bits per heavy atom. The molecule has 0 amide bonds. The van der Waals surface area contributed by atoms with Gasteiger partial charge in [0, 0.05) is 16.2 Å². The molecule has 39 heavy (non-hydrogen) atoms. The van der Waals surface area contributed by atoms with Crippen LogP contribution in [0.4, 0.5) is 0 Å². The molecule has 0 saturated carbocycles. The van der Waals surface area contributed by atoms with Crippen LogP contribution < -0.4 is 5.46 Å². The van der Waals surface area contributed by atoms with Crippen molar-refractivity contribution in [2.75, 3.05) is 0 Å². The topological polar surface area (TPSA) is 44.2 Å². The highest BCUT2D eigenvalue weighted by molar-refractivity contribution is 6.62. The molecule has 0 atom stereocenters. The summed E-state index contributed by atoms with van der Waals surface area (Å²) in [6, 6.07) is 35.7. The minimum atomic E-state index is -0.419. The third kappa shape index (κ3) is 3.92. The molecule has 2 aromatic heterocycles. The first-order chi connectivity index (χ1) is 18.8. The second kappa shape index (κ2) is 8.73. The van der Waals surface area contributed by atoms with Crippen LogP contribution in [0, 0.1) is 0 Å². The van der Waals surface area contributed by atoms with E-state index in [9.17, 15) is 0 Å². The fourth-order valence-electron chi connectivity index (χ4n) is 5.44. The maximum Gasteiger partial charge on any atom is 0.494 e. The van der Waals surface area contributed by atoms with Crippen molar-refractivity contribution in [3.8, 4) is 22.6 Å². The van der Waals surface area contributed by atoms with E-state index >= 15 is 0 Å². The lowest BCUT2D eigenvalue weighted by Crippen LogP contribution is -2.41. The number of pyridine rings is 2. The summed E-state index contributed by atoms with van der Waals surface area (Å²) in [4.78, 5) is 10.4. The zero-order valence-electron chi connectivity index (χ0n) is 22.6. The van der Waals surface area contributed by atoms with Crippen molar-refractivity contribution < 1.29 is 9.31 Å². The smallest absolute Gasteiger partial charge is 0.399 e. The molecule has 190 valence electrons. The molecule has 0 bridgehead atoms. The Hall–Kier alpha value is -4.06. The van der Waals surface area contributed by atoms with Crippen molar-refractivity contribution in [3.63, 3.8) is 0 Å². The Bertz CT molecular complexity index is 1880. The maximum absolute atomic E-state index is 6.31. The molecule has 1 fully saturated rings. The summed E-state index contributed by atoms with van der Waals surface area (Å²) in [5, 5.41) is 5.75. The normalized spacial score (nSPS) is 16.4. The number of aromatic nitrogens is 2. The summed E-state index contributed by atoms with van der Waals surface area (Å²) in [7, 11) is -0.419. The summed E-state index contributed by atoms with van der Waals surface area (Å²) in [5.41, 5.74) is 4.83. The molecule has 1 aliphatic heterocycles. The summed E-state index contributed by atoms with van der Waals surface area (Å²) >= 11 is 0. The largest absolute Gasteiger partial charge is 0.494 e. The highest BCUT2D eigenvalue weighted by atomic mass is 16.7. The van der Waals surface area contributed by atoms with E-state index in [1.165, 1.54) is 10.8 Å². The van der Waals surface area contributed by atoms with E-state index in [0.717, 1.165) is 49.8 Å². The van der Waals surface area contributed by atoms with E-state index in [4.69, 9.17) is 19.3 Å². The SMILES string of the molecule is CC1(C)OB(c2cccc(-c3cccc(-c4nc5c6ccccc6ccc5c5ccccc45)n3)c2)OC1(C)C. The molecule has 0 N–H and O–H groups in total. The average Bonchev–Trinajstić information content (AvgIpc) is 3.18. The van der Waals surface area contributed by atoms with Gasteiger partial charge in [-0.15, -0.1) is 0 Å². The number of hydrogen-bond acceptors (Lipinski definition) is 4. The van der Waals surface area contributed by atoms with Gasteiger partial charge in [-0.25, -0.2) is 9.97 Å². The molecular weight excluding hydrogens is 479 g/mol. The van der Waals surface area contributed by atoms with E-state index in [0.29, 0.717) is 0 Å². The third-order valence-corrected chi connectivity index (χ3v) is 8.30. The minimum absolute atomic E-state index is 0.390. The van der Waals surface area contributed by atoms with Crippen LogP contribution in [0.15, 0.2) is 103 Å². The number of benzene rings is 4. The number of nitrogens with zero attached hydrogens (tertiary/aromatic N) is 2. The molecule has 4 aromatic carbocycles. The molecule has 7 rings (SSSR count). The van der Waals surface area contributed by atoms with E-state index in [-0.39, 0.29) is 0 Å². The third-order valence-electron chi connectivity index (χ3n) is 8.30. The first kappa shape index (κ1) is 24.0. The predicted octanol–water partition coefficient (Wildman–Crippen LogP) is 7.57. The van der Waals surface area contributed by atoms with Gasteiger partial charge in [0.25, 0.3) is 0 Å². The highest BCUT2D eigenvalue weighted by Crippen LogP contribution is 2.37. The van der Waals surface area contributed by atoms with Gasteiger partial charge < -0.3 is 9.31 Å². The van der Waals surface area contributed by atoms with Gasteiger partial charge in [-0.3, -0.25) is 0 Å². The van der Waals surface area contributed by atoms with Gasteiger partial charge in [0.2, 0.25) is 0 Å². The van der Waals surface area contributed by atoms with Crippen LogP contribution in [0.5, 0.6) is 0 Å². The fourth-order valence-corrected chi connectivity index (χ4v) is 5.44. The molecule has 6 aromatic rings. The molecule has 4 nitrogen and oxygen atoms in total. The second-order valence-electron chi connectivity index (χ2n) is 11.3. The molecule has 3 heterocycles. The van der Waals surface area contributed by atoms with Crippen molar-refractivity contribution in [1.29, 1.82) is 0 Å². The predicted molar refractivity (Wildman–Crippen MR) is 161 cm³/mol. The zero-order valence-corrected chi connectivity index (χ0v) is 22.6. The molecule has 1 aliphatic rings. The number of hydrogen-bond donors (Lipinski definition) is 0. The highest BCUT2D eigenvalue weighted by Gasteiger charge is 2.51. The Morgan fingerprint density at radius 1 is 0.564 bits per heavy atom. The second-order valence-corrected chi connectivity index (χ2v) is 11.3. The van der Waals surface area contributed by atoms with Gasteiger partial charge in [0.15, 0.2) is 0 Å². The van der Waals surface area contributed by atoms with Crippen LogP contribution in [-0.2, 0) is 9.31 Å². The number of rotatable bonds is 3. The molecule has 0 spiro atoms. The van der Waals surface area contributed by atoms with Gasteiger partial charge in [0.05, 0.1) is 33.8 Å². The number of fused-ring (bicyclic) bond motifs is 5. The first-order valence-electron chi connectivity index (χ1n) is 13.4. The quantitative estimate of drug-likeness (QED) is 0.183. The van der Waals surface area contributed by atoms with Crippen molar-refractivity contribution in [1.82, 2.24) is 9.97 Å². The van der Waals surface area contributed by atoms with Gasteiger partial charge in [-0.1, -0.05) is 91.0 Å². The Balaban J connectivity index is 1.36. The molecule has 1 saturated heterocycles. The maximum atomic E-state index is 6.31. The Labute approximate surface area is 228 Å². The van der Waals surface area contributed by atoms with E-state index in [1.54, 1.807) is 0 Å². The van der Waals surface area contributed by atoms with Crippen molar-refractivity contribution in [2.24, 2.45) is 0 Å². The zero-order chi connectivity index (χ0) is 26.8. The summed E-state index contributed by atoms with van der Waals surface area (Å²) < 4.78 is 12.6. The van der Waals surface area contributed by atoms with Crippen LogP contribution in [0.25, 0.3) is 55.1 Å². The van der Waals surface area contributed by atoms with Crippen molar-refractivity contribution in [3.05, 3.63) is 103 Å². The summed E-state index contributed by atoms with van der Waals surface area (Å²) in [5.74, 6) is 0. The van der Waals surface area contributed by atoms with E-state index in [2.05, 4.69) is 113 Å². The van der Waals surface area contributed by atoms with Crippen LogP contribution in [0.1, 0.15) is 27.7 Å². The summed E-state index contributed by atoms with van der Waals surface area (Å²) in [6.45, 7) is 8.30. The van der Waals surface area contributed by atoms with Gasteiger partial charge in [-0.2, -0.15) is 0 Å². The van der Waals surface area contributed by atoms with E-state index in [1.807, 2.05) is 18.2 Å². The van der Waals surface area contributed by atoms with Crippen LogP contribution in [-0.4, -0.2) is 28.3 Å². The molecule has 5 heteroatoms. The van der Waals surface area contributed by atoms with Crippen LogP contribution in [0.3, 0.4) is 0 Å².